The van der Waals surface area contributed by atoms with Crippen LogP contribution in [0.5, 0.6) is 0 Å². The zero-order valence-corrected chi connectivity index (χ0v) is 18.7. The van der Waals surface area contributed by atoms with Gasteiger partial charge in [-0.25, -0.2) is 12.8 Å². The summed E-state index contributed by atoms with van der Waals surface area (Å²) < 4.78 is 45.9. The van der Waals surface area contributed by atoms with Crippen molar-refractivity contribution in [3.8, 4) is 11.5 Å². The fourth-order valence-electron chi connectivity index (χ4n) is 3.56. The van der Waals surface area contributed by atoms with E-state index in [2.05, 4.69) is 15.5 Å². The Bertz CT molecular complexity index is 1240. The highest BCUT2D eigenvalue weighted by Gasteiger charge is 2.32. The van der Waals surface area contributed by atoms with Crippen LogP contribution in [0.2, 0.25) is 5.02 Å². The maximum atomic E-state index is 13.1. The molecule has 1 aromatic heterocycles. The summed E-state index contributed by atoms with van der Waals surface area (Å²) in [4.78, 5) is 15.7. The summed E-state index contributed by atoms with van der Waals surface area (Å²) in [5.41, 5.74) is 0.968. The molecule has 1 amide bonds. The van der Waals surface area contributed by atoms with Gasteiger partial charge in [-0.1, -0.05) is 16.8 Å². The summed E-state index contributed by atoms with van der Waals surface area (Å²) in [5, 5.41) is 6.73. The van der Waals surface area contributed by atoms with Gasteiger partial charge in [0, 0.05) is 31.5 Å². The van der Waals surface area contributed by atoms with Crippen molar-refractivity contribution in [1.82, 2.24) is 14.4 Å². The van der Waals surface area contributed by atoms with Crippen LogP contribution in [0.1, 0.15) is 31.5 Å². The molecule has 1 N–H and O–H groups in total. The molecule has 0 unspecified atom stereocenters. The zero-order valence-electron chi connectivity index (χ0n) is 17.1. The van der Waals surface area contributed by atoms with Crippen molar-refractivity contribution < 1.29 is 22.1 Å². The van der Waals surface area contributed by atoms with E-state index in [1.165, 1.54) is 41.6 Å². The third-order valence-electron chi connectivity index (χ3n) is 5.24. The average molecular weight is 479 g/mol. The Morgan fingerprint density at radius 1 is 1.19 bits per heavy atom. The SMILES string of the molecule is CC(=O)Nc1ccc(S(=O)(=O)N2CCC(c3noc(-c4ccc(F)cc4)n3)CC2)cc1Cl. The minimum atomic E-state index is -3.74. The number of nitrogens with one attached hydrogen (secondary N) is 1. The third-order valence-corrected chi connectivity index (χ3v) is 7.45. The van der Waals surface area contributed by atoms with Crippen LogP contribution in [0, 0.1) is 5.82 Å². The van der Waals surface area contributed by atoms with Crippen LogP contribution in [0.4, 0.5) is 10.1 Å². The Morgan fingerprint density at radius 3 is 2.50 bits per heavy atom. The lowest BCUT2D eigenvalue weighted by Gasteiger charge is -2.29. The molecule has 1 aliphatic heterocycles. The van der Waals surface area contributed by atoms with Gasteiger partial charge < -0.3 is 9.84 Å². The van der Waals surface area contributed by atoms with Gasteiger partial charge in [0.15, 0.2) is 5.82 Å². The number of amides is 1. The van der Waals surface area contributed by atoms with E-state index >= 15 is 0 Å². The smallest absolute Gasteiger partial charge is 0.257 e. The van der Waals surface area contributed by atoms with E-state index in [1.54, 1.807) is 12.1 Å². The van der Waals surface area contributed by atoms with Crippen molar-refractivity contribution >= 4 is 33.2 Å². The summed E-state index contributed by atoms with van der Waals surface area (Å²) >= 11 is 6.14. The molecule has 8 nitrogen and oxygen atoms in total. The molecular formula is C21H20ClFN4O4S. The van der Waals surface area contributed by atoms with E-state index < -0.39 is 10.0 Å². The van der Waals surface area contributed by atoms with Gasteiger partial charge in [0.2, 0.25) is 15.9 Å². The van der Waals surface area contributed by atoms with Crippen molar-refractivity contribution in [3.63, 3.8) is 0 Å². The number of piperidine rings is 1. The molecule has 11 heteroatoms. The van der Waals surface area contributed by atoms with Gasteiger partial charge in [-0.2, -0.15) is 9.29 Å². The number of nitrogens with zero attached hydrogens (tertiary/aromatic N) is 3. The Balaban J connectivity index is 1.44. The van der Waals surface area contributed by atoms with Crippen LogP contribution in [-0.4, -0.2) is 41.9 Å². The molecule has 2 heterocycles. The van der Waals surface area contributed by atoms with Crippen molar-refractivity contribution in [2.75, 3.05) is 18.4 Å². The van der Waals surface area contributed by atoms with Gasteiger partial charge in [0.05, 0.1) is 15.6 Å². The van der Waals surface area contributed by atoms with Crippen LogP contribution in [0.15, 0.2) is 51.9 Å². The van der Waals surface area contributed by atoms with E-state index in [9.17, 15) is 17.6 Å². The Hall–Kier alpha value is -2.82. The zero-order chi connectivity index (χ0) is 22.9. The Morgan fingerprint density at radius 2 is 1.88 bits per heavy atom. The van der Waals surface area contributed by atoms with Gasteiger partial charge >= 0.3 is 0 Å². The molecule has 1 fully saturated rings. The van der Waals surface area contributed by atoms with Crippen molar-refractivity contribution in [3.05, 3.63) is 59.1 Å². The van der Waals surface area contributed by atoms with Gasteiger partial charge in [0.1, 0.15) is 5.82 Å². The van der Waals surface area contributed by atoms with Gasteiger partial charge in [-0.3, -0.25) is 4.79 Å². The summed E-state index contributed by atoms with van der Waals surface area (Å²) in [5.74, 6) is 0.0971. The van der Waals surface area contributed by atoms with Crippen LogP contribution in [-0.2, 0) is 14.8 Å². The second-order valence-corrected chi connectivity index (χ2v) is 9.81. The molecule has 168 valence electrons. The minimum Gasteiger partial charge on any atom is -0.334 e. The number of halogens is 2. The molecule has 0 bridgehead atoms. The number of hydrogen-bond acceptors (Lipinski definition) is 6. The maximum absolute atomic E-state index is 13.1. The lowest BCUT2D eigenvalue weighted by molar-refractivity contribution is -0.114. The summed E-state index contributed by atoms with van der Waals surface area (Å²) in [6.07, 6.45) is 1.05. The largest absolute Gasteiger partial charge is 0.334 e. The fraction of sp³-hybridized carbons (Fsp3) is 0.286. The number of benzene rings is 2. The number of rotatable bonds is 5. The first-order chi connectivity index (χ1) is 15.2. The summed E-state index contributed by atoms with van der Waals surface area (Å²) in [7, 11) is -3.74. The molecule has 32 heavy (non-hydrogen) atoms. The number of carbonyl (C=O) groups is 1. The van der Waals surface area contributed by atoms with E-state index in [4.69, 9.17) is 16.1 Å². The molecule has 0 radical (unpaired) electrons. The first-order valence-corrected chi connectivity index (χ1v) is 11.7. The molecule has 1 saturated heterocycles. The lowest BCUT2D eigenvalue weighted by Crippen LogP contribution is -2.38. The maximum Gasteiger partial charge on any atom is 0.257 e. The second kappa shape index (κ2) is 8.97. The lowest BCUT2D eigenvalue weighted by atomic mass is 9.97. The van der Waals surface area contributed by atoms with Crippen LogP contribution in [0.3, 0.4) is 0 Å². The van der Waals surface area contributed by atoms with Gasteiger partial charge in [-0.15, -0.1) is 0 Å². The molecule has 4 rings (SSSR count). The summed E-state index contributed by atoms with van der Waals surface area (Å²) in [6.45, 7) is 1.93. The molecule has 0 aliphatic carbocycles. The van der Waals surface area contributed by atoms with E-state index in [-0.39, 0.29) is 27.6 Å². The summed E-state index contributed by atoms with van der Waals surface area (Å²) in [6, 6.07) is 9.98. The van der Waals surface area contributed by atoms with Crippen LogP contribution >= 0.6 is 11.6 Å². The number of hydrogen-bond donors (Lipinski definition) is 1. The predicted molar refractivity (Wildman–Crippen MR) is 116 cm³/mol. The van der Waals surface area contributed by atoms with Crippen LogP contribution < -0.4 is 5.32 Å². The van der Waals surface area contributed by atoms with Gasteiger partial charge in [0.25, 0.3) is 5.89 Å². The molecule has 1 aliphatic rings. The second-order valence-electron chi connectivity index (χ2n) is 7.47. The quantitative estimate of drug-likeness (QED) is 0.593. The van der Waals surface area contributed by atoms with E-state index in [0.29, 0.717) is 48.9 Å². The van der Waals surface area contributed by atoms with Crippen molar-refractivity contribution in [2.45, 2.75) is 30.6 Å². The number of sulfonamides is 1. The minimum absolute atomic E-state index is 0.0508. The monoisotopic (exact) mass is 478 g/mol. The van der Waals surface area contributed by atoms with Crippen molar-refractivity contribution in [1.29, 1.82) is 0 Å². The first kappa shape index (κ1) is 22.4. The number of carbonyl (C=O) groups excluding carboxylic acids is 1. The van der Waals surface area contributed by atoms with E-state index in [0.717, 1.165) is 0 Å². The normalized spacial score (nSPS) is 15.6. The highest BCUT2D eigenvalue weighted by Crippen LogP contribution is 2.32. The average Bonchev–Trinajstić information content (AvgIpc) is 3.26. The predicted octanol–water partition coefficient (Wildman–Crippen LogP) is 4.06. The molecule has 2 aromatic carbocycles. The molecule has 0 atom stereocenters. The Labute approximate surface area is 189 Å². The molecule has 0 saturated carbocycles. The first-order valence-electron chi connectivity index (χ1n) is 9.91. The molecule has 3 aromatic rings. The highest BCUT2D eigenvalue weighted by molar-refractivity contribution is 7.89. The Kier molecular flexibility index (Phi) is 6.27. The fourth-order valence-corrected chi connectivity index (χ4v) is 5.35. The molecular weight excluding hydrogens is 459 g/mol. The standard InChI is InChI=1S/C21H20ClFN4O4S/c1-13(28)24-19-7-6-17(12-18(19)22)32(29,30)27-10-8-14(9-11-27)20-25-21(31-26-20)15-2-4-16(23)5-3-15/h2-7,12,14H,8-11H2,1H3,(H,24,28). The third kappa shape index (κ3) is 4.67. The topological polar surface area (TPSA) is 105 Å². The van der Waals surface area contributed by atoms with Crippen molar-refractivity contribution in [2.24, 2.45) is 0 Å². The molecule has 0 spiro atoms. The highest BCUT2D eigenvalue weighted by atomic mass is 35.5. The number of anilines is 1. The van der Waals surface area contributed by atoms with Gasteiger partial charge in [-0.05, 0) is 55.3 Å². The number of aromatic nitrogens is 2. The van der Waals surface area contributed by atoms with Crippen LogP contribution in [0.25, 0.3) is 11.5 Å². The van der Waals surface area contributed by atoms with E-state index in [1.807, 2.05) is 0 Å².